The first-order chi connectivity index (χ1) is 10.5. The molecule has 0 aliphatic carbocycles. The molecule has 8 heteroatoms. The van der Waals surface area contributed by atoms with E-state index >= 15 is 0 Å². The molecule has 23 heavy (non-hydrogen) atoms. The van der Waals surface area contributed by atoms with Gasteiger partial charge in [-0.1, -0.05) is 5.16 Å². The fourth-order valence-electron chi connectivity index (χ4n) is 3.19. The summed E-state index contributed by atoms with van der Waals surface area (Å²) in [5.74, 6) is 1.47. The molecule has 0 saturated carbocycles. The molecule has 2 unspecified atom stereocenters. The zero-order valence-electron chi connectivity index (χ0n) is 14.3. The van der Waals surface area contributed by atoms with Crippen molar-refractivity contribution in [1.29, 1.82) is 0 Å². The van der Waals surface area contributed by atoms with E-state index in [-0.39, 0.29) is 24.4 Å². The number of rotatable bonds is 3. The van der Waals surface area contributed by atoms with Crippen LogP contribution < -0.4 is 5.32 Å². The van der Waals surface area contributed by atoms with Gasteiger partial charge in [-0.15, -0.1) is 12.4 Å². The van der Waals surface area contributed by atoms with Gasteiger partial charge < -0.3 is 9.84 Å². The van der Waals surface area contributed by atoms with Crippen molar-refractivity contribution in [2.75, 3.05) is 26.7 Å². The lowest BCUT2D eigenvalue weighted by Gasteiger charge is -2.30. The Morgan fingerprint density at radius 3 is 2.65 bits per heavy atom. The second-order valence-electron chi connectivity index (χ2n) is 6.12. The molecule has 0 bridgehead atoms. The smallest absolute Gasteiger partial charge is 0.234 e. The van der Waals surface area contributed by atoms with Crippen LogP contribution in [0, 0.1) is 13.8 Å². The van der Waals surface area contributed by atoms with E-state index in [4.69, 9.17) is 4.52 Å². The minimum Gasteiger partial charge on any atom is -0.339 e. The highest BCUT2D eigenvalue weighted by Crippen LogP contribution is 2.29. The number of halogens is 1. The number of piperazine rings is 1. The quantitative estimate of drug-likeness (QED) is 0.914. The summed E-state index contributed by atoms with van der Waals surface area (Å²) in [6.45, 7) is 9.04. The van der Waals surface area contributed by atoms with E-state index in [1.807, 2.05) is 18.7 Å². The fourth-order valence-corrected chi connectivity index (χ4v) is 3.19. The third-order valence-corrected chi connectivity index (χ3v) is 4.63. The normalized spacial score (nSPS) is 20.3. The highest BCUT2D eigenvalue weighted by atomic mass is 35.5. The second-order valence-corrected chi connectivity index (χ2v) is 6.12. The molecule has 0 aromatic carbocycles. The first-order valence-corrected chi connectivity index (χ1v) is 7.73. The van der Waals surface area contributed by atoms with Crippen molar-refractivity contribution in [3.8, 4) is 0 Å². The van der Waals surface area contributed by atoms with E-state index in [1.165, 1.54) is 5.56 Å². The number of hydrogen-bond acceptors (Lipinski definition) is 6. The summed E-state index contributed by atoms with van der Waals surface area (Å²) in [6, 6.07) is 0.176. The minimum atomic E-state index is 0. The highest BCUT2D eigenvalue weighted by molar-refractivity contribution is 5.85. The van der Waals surface area contributed by atoms with E-state index in [2.05, 4.69) is 46.4 Å². The van der Waals surface area contributed by atoms with Crippen molar-refractivity contribution < 1.29 is 4.52 Å². The van der Waals surface area contributed by atoms with Crippen molar-refractivity contribution in [2.45, 2.75) is 32.7 Å². The number of aryl methyl sites for hydroxylation is 2. The summed E-state index contributed by atoms with van der Waals surface area (Å²) in [5.41, 5.74) is 3.33. The Labute approximate surface area is 142 Å². The molecule has 3 heterocycles. The molecule has 0 radical (unpaired) electrons. The van der Waals surface area contributed by atoms with Gasteiger partial charge in [0, 0.05) is 37.9 Å². The summed E-state index contributed by atoms with van der Waals surface area (Å²) in [4.78, 5) is 6.92. The van der Waals surface area contributed by atoms with Gasteiger partial charge >= 0.3 is 0 Å². The van der Waals surface area contributed by atoms with Crippen molar-refractivity contribution in [2.24, 2.45) is 7.05 Å². The van der Waals surface area contributed by atoms with Gasteiger partial charge in [-0.3, -0.25) is 9.58 Å². The van der Waals surface area contributed by atoms with Crippen LogP contribution in [0.25, 0.3) is 0 Å². The molecule has 7 nitrogen and oxygen atoms in total. The van der Waals surface area contributed by atoms with E-state index < -0.39 is 0 Å². The average molecular weight is 341 g/mol. The Morgan fingerprint density at radius 2 is 2.04 bits per heavy atom. The van der Waals surface area contributed by atoms with Crippen LogP contribution in [0.2, 0.25) is 0 Å². The molecule has 1 N–H and O–H groups in total. The topological polar surface area (TPSA) is 72.0 Å². The predicted octanol–water partition coefficient (Wildman–Crippen LogP) is 1.57. The van der Waals surface area contributed by atoms with Gasteiger partial charge in [0.2, 0.25) is 5.89 Å². The Hall–Kier alpha value is -1.44. The summed E-state index contributed by atoms with van der Waals surface area (Å²) in [7, 11) is 4.06. The number of likely N-dealkylation sites (N-methyl/N-ethyl adjacent to an activating group) is 1. The molecule has 3 rings (SSSR count). The standard InChI is InChI=1S/C15H24N6O.ClH/c1-9(13-10(2)18-21(5)11(13)3)15-17-14(19-22-15)12-8-16-6-7-20(12)4;/h9,12,16H,6-8H2,1-5H3;1H. The van der Waals surface area contributed by atoms with Gasteiger partial charge in [0.05, 0.1) is 17.7 Å². The van der Waals surface area contributed by atoms with Crippen molar-refractivity contribution in [1.82, 2.24) is 30.1 Å². The average Bonchev–Trinajstić information content (AvgIpc) is 3.05. The summed E-state index contributed by atoms with van der Waals surface area (Å²) in [5, 5.41) is 12.1. The lowest BCUT2D eigenvalue weighted by atomic mass is 9.99. The summed E-state index contributed by atoms with van der Waals surface area (Å²) >= 11 is 0. The van der Waals surface area contributed by atoms with Gasteiger partial charge in [0.25, 0.3) is 0 Å². The maximum atomic E-state index is 5.55. The van der Waals surface area contributed by atoms with Crippen LogP contribution in [-0.2, 0) is 7.05 Å². The maximum absolute atomic E-state index is 5.55. The SMILES string of the molecule is Cc1nn(C)c(C)c1C(C)c1nc(C2CNCCN2C)no1.Cl. The van der Waals surface area contributed by atoms with Gasteiger partial charge in [-0.2, -0.15) is 10.1 Å². The van der Waals surface area contributed by atoms with Crippen molar-refractivity contribution >= 4 is 12.4 Å². The molecule has 1 aliphatic heterocycles. The summed E-state index contributed by atoms with van der Waals surface area (Å²) < 4.78 is 7.45. The number of nitrogens with one attached hydrogen (secondary N) is 1. The zero-order chi connectivity index (χ0) is 15.9. The van der Waals surface area contributed by atoms with Crippen LogP contribution in [-0.4, -0.2) is 51.5 Å². The van der Waals surface area contributed by atoms with Gasteiger partial charge in [0.15, 0.2) is 5.82 Å². The van der Waals surface area contributed by atoms with E-state index in [9.17, 15) is 0 Å². The minimum absolute atomic E-state index is 0. The Kier molecular flexibility index (Phi) is 5.44. The molecule has 2 atom stereocenters. The van der Waals surface area contributed by atoms with Crippen molar-refractivity contribution in [3.63, 3.8) is 0 Å². The molecule has 0 spiro atoms. The second kappa shape index (κ2) is 6.98. The lowest BCUT2D eigenvalue weighted by molar-refractivity contribution is 0.190. The Morgan fingerprint density at radius 1 is 1.30 bits per heavy atom. The first kappa shape index (κ1) is 17.9. The van der Waals surface area contributed by atoms with Gasteiger partial charge in [0.1, 0.15) is 0 Å². The number of hydrogen-bond donors (Lipinski definition) is 1. The van der Waals surface area contributed by atoms with E-state index in [0.29, 0.717) is 5.89 Å². The summed E-state index contributed by atoms with van der Waals surface area (Å²) in [6.07, 6.45) is 0. The molecule has 1 fully saturated rings. The van der Waals surface area contributed by atoms with Crippen LogP contribution in [0.4, 0.5) is 0 Å². The monoisotopic (exact) mass is 340 g/mol. The molecule has 0 amide bonds. The molecule has 2 aromatic heterocycles. The van der Waals surface area contributed by atoms with E-state index in [0.717, 1.165) is 36.8 Å². The lowest BCUT2D eigenvalue weighted by Crippen LogP contribution is -2.44. The van der Waals surface area contributed by atoms with Crippen LogP contribution in [0.1, 0.15) is 47.5 Å². The maximum Gasteiger partial charge on any atom is 0.234 e. The van der Waals surface area contributed by atoms with Crippen LogP contribution in [0.3, 0.4) is 0 Å². The van der Waals surface area contributed by atoms with Gasteiger partial charge in [-0.05, 0) is 27.8 Å². The van der Waals surface area contributed by atoms with E-state index in [1.54, 1.807) is 0 Å². The van der Waals surface area contributed by atoms with Crippen LogP contribution >= 0.6 is 12.4 Å². The number of nitrogens with zero attached hydrogens (tertiary/aromatic N) is 5. The molecular weight excluding hydrogens is 316 g/mol. The fraction of sp³-hybridized carbons (Fsp3) is 0.667. The molecule has 1 aliphatic rings. The highest BCUT2D eigenvalue weighted by Gasteiger charge is 2.28. The Balaban J connectivity index is 0.00000192. The molecule has 1 saturated heterocycles. The van der Waals surface area contributed by atoms with Gasteiger partial charge in [-0.25, -0.2) is 0 Å². The predicted molar refractivity (Wildman–Crippen MR) is 90.0 cm³/mol. The molecule has 2 aromatic rings. The Bertz CT molecular complexity index is 667. The third-order valence-electron chi connectivity index (χ3n) is 4.63. The number of aromatic nitrogens is 4. The third kappa shape index (κ3) is 3.27. The molecule has 128 valence electrons. The van der Waals surface area contributed by atoms with Crippen LogP contribution in [0.5, 0.6) is 0 Å². The van der Waals surface area contributed by atoms with Crippen molar-refractivity contribution in [3.05, 3.63) is 28.7 Å². The van der Waals surface area contributed by atoms with Crippen LogP contribution in [0.15, 0.2) is 4.52 Å². The largest absolute Gasteiger partial charge is 0.339 e. The zero-order valence-corrected chi connectivity index (χ0v) is 15.1. The molecular formula is C15H25ClN6O. The first-order valence-electron chi connectivity index (χ1n) is 7.73.